The van der Waals surface area contributed by atoms with Crippen LogP contribution in [-0.2, 0) is 11.2 Å². The summed E-state index contributed by atoms with van der Waals surface area (Å²) >= 11 is 0. The zero-order valence-corrected chi connectivity index (χ0v) is 14.4. The molecule has 0 aliphatic rings. The molecule has 1 atom stereocenters. The first-order valence-electron chi connectivity index (χ1n) is 8.32. The van der Waals surface area contributed by atoms with Crippen LogP contribution >= 0.6 is 0 Å². The van der Waals surface area contributed by atoms with Gasteiger partial charge in [-0.3, -0.25) is 4.79 Å². The number of halogens is 1. The summed E-state index contributed by atoms with van der Waals surface area (Å²) in [4.78, 5) is 12.2. The molecule has 24 heavy (non-hydrogen) atoms. The number of carbonyl (C=O) groups is 1. The number of aryl methyl sites for hydroxylation is 1. The summed E-state index contributed by atoms with van der Waals surface area (Å²) in [5, 5.41) is 3.04. The molecule has 0 saturated heterocycles. The monoisotopic (exact) mass is 325 g/mol. The first-order valence-corrected chi connectivity index (χ1v) is 8.32. The summed E-state index contributed by atoms with van der Waals surface area (Å²) < 4.78 is 13.2. The Morgan fingerprint density at radius 1 is 1.17 bits per heavy atom. The van der Waals surface area contributed by atoms with Crippen molar-refractivity contribution in [2.75, 3.05) is 0 Å². The topological polar surface area (TPSA) is 29.1 Å². The molecular weight excluding hydrogens is 301 g/mol. The maximum atomic E-state index is 13.2. The van der Waals surface area contributed by atoms with Gasteiger partial charge < -0.3 is 5.32 Å². The molecule has 0 bridgehead atoms. The van der Waals surface area contributed by atoms with E-state index in [9.17, 15) is 9.18 Å². The highest BCUT2D eigenvalue weighted by molar-refractivity contribution is 5.92. The van der Waals surface area contributed by atoms with E-state index in [2.05, 4.69) is 50.4 Å². The highest BCUT2D eigenvalue weighted by atomic mass is 19.1. The third-order valence-corrected chi connectivity index (χ3v) is 3.99. The Morgan fingerprint density at radius 2 is 1.88 bits per heavy atom. The van der Waals surface area contributed by atoms with E-state index in [0.717, 1.165) is 12.0 Å². The van der Waals surface area contributed by atoms with Crippen molar-refractivity contribution in [3.63, 3.8) is 0 Å². The highest BCUT2D eigenvalue weighted by Gasteiger charge is 2.17. The van der Waals surface area contributed by atoms with Crippen LogP contribution < -0.4 is 5.32 Å². The van der Waals surface area contributed by atoms with Crippen molar-refractivity contribution in [1.82, 2.24) is 5.32 Å². The molecule has 1 amide bonds. The smallest absolute Gasteiger partial charge is 0.244 e. The molecule has 0 aromatic heterocycles. The van der Waals surface area contributed by atoms with Gasteiger partial charge in [0.2, 0.25) is 5.91 Å². The summed E-state index contributed by atoms with van der Waals surface area (Å²) in [7, 11) is 0. The molecule has 2 aromatic rings. The third kappa shape index (κ3) is 5.05. The van der Waals surface area contributed by atoms with Crippen LogP contribution in [0, 0.1) is 11.7 Å². The largest absolute Gasteiger partial charge is 0.345 e. The summed E-state index contributed by atoms with van der Waals surface area (Å²) in [6.45, 7) is 6.28. The molecule has 0 saturated carbocycles. The fourth-order valence-corrected chi connectivity index (χ4v) is 2.58. The van der Waals surface area contributed by atoms with Crippen LogP contribution in [0.1, 0.15) is 43.5 Å². The lowest BCUT2D eigenvalue weighted by atomic mass is 9.95. The summed E-state index contributed by atoms with van der Waals surface area (Å²) in [5.74, 6) is -0.227. The minimum Gasteiger partial charge on any atom is -0.345 e. The second-order valence-corrected chi connectivity index (χ2v) is 6.21. The van der Waals surface area contributed by atoms with Crippen LogP contribution in [0.2, 0.25) is 0 Å². The Morgan fingerprint density at radius 3 is 2.46 bits per heavy atom. The number of carbonyl (C=O) groups excluding carboxylic acids is 1. The van der Waals surface area contributed by atoms with Gasteiger partial charge in [0.25, 0.3) is 0 Å². The van der Waals surface area contributed by atoms with E-state index in [4.69, 9.17) is 0 Å². The molecule has 0 fully saturated rings. The normalized spacial score (nSPS) is 12.5. The fraction of sp³-hybridized carbons (Fsp3) is 0.286. The Bertz CT molecular complexity index is 704. The van der Waals surface area contributed by atoms with Crippen molar-refractivity contribution in [3.8, 4) is 0 Å². The van der Waals surface area contributed by atoms with Gasteiger partial charge in [-0.25, -0.2) is 4.39 Å². The number of hydrogen-bond acceptors (Lipinski definition) is 1. The van der Waals surface area contributed by atoms with E-state index in [1.165, 1.54) is 23.8 Å². The first-order chi connectivity index (χ1) is 11.5. The number of benzene rings is 2. The molecule has 0 heterocycles. The molecule has 0 spiro atoms. The molecule has 2 nitrogen and oxygen atoms in total. The fourth-order valence-electron chi connectivity index (χ4n) is 2.58. The number of amides is 1. The standard InChI is InChI=1S/C21H24FNO/c1-4-16-8-11-18(12-9-16)21(15(2)3)23-20(24)13-10-17-6-5-7-19(22)14-17/h5-15,21H,4H2,1-3H3,(H,23,24)/b13-10+/t21-/m0/s1. The Balaban J connectivity index is 2.07. The van der Waals surface area contributed by atoms with Gasteiger partial charge in [-0.1, -0.05) is 57.2 Å². The Hall–Kier alpha value is -2.42. The van der Waals surface area contributed by atoms with Crippen molar-refractivity contribution in [2.24, 2.45) is 5.92 Å². The summed E-state index contributed by atoms with van der Waals surface area (Å²) in [6, 6.07) is 14.4. The van der Waals surface area contributed by atoms with E-state index >= 15 is 0 Å². The number of rotatable bonds is 6. The predicted octanol–water partition coefficient (Wildman–Crippen LogP) is 4.91. The van der Waals surface area contributed by atoms with Crippen molar-refractivity contribution in [3.05, 3.63) is 77.1 Å². The Labute approximate surface area is 143 Å². The van der Waals surface area contributed by atoms with Crippen molar-refractivity contribution >= 4 is 12.0 Å². The predicted molar refractivity (Wildman–Crippen MR) is 97.0 cm³/mol. The molecule has 2 rings (SSSR count). The minimum absolute atomic E-state index is 0.0550. The number of hydrogen-bond donors (Lipinski definition) is 1. The second-order valence-electron chi connectivity index (χ2n) is 6.21. The number of nitrogens with one attached hydrogen (secondary N) is 1. The minimum atomic E-state index is -0.311. The lowest BCUT2D eigenvalue weighted by Gasteiger charge is -2.22. The average Bonchev–Trinajstić information content (AvgIpc) is 2.58. The maximum Gasteiger partial charge on any atom is 0.244 e. The SMILES string of the molecule is CCc1ccc([C@@H](NC(=O)/C=C/c2cccc(F)c2)C(C)C)cc1. The van der Waals surface area contributed by atoms with Gasteiger partial charge in [0.1, 0.15) is 5.82 Å². The molecule has 3 heteroatoms. The maximum absolute atomic E-state index is 13.2. The molecular formula is C21H24FNO. The average molecular weight is 325 g/mol. The van der Waals surface area contributed by atoms with Crippen LogP contribution in [0.5, 0.6) is 0 Å². The molecule has 0 aliphatic carbocycles. The zero-order valence-electron chi connectivity index (χ0n) is 14.4. The van der Waals surface area contributed by atoms with Crippen LogP contribution in [0.25, 0.3) is 6.08 Å². The zero-order chi connectivity index (χ0) is 17.5. The lowest BCUT2D eigenvalue weighted by molar-refractivity contribution is -0.117. The lowest BCUT2D eigenvalue weighted by Crippen LogP contribution is -2.30. The van der Waals surface area contributed by atoms with E-state index in [-0.39, 0.29) is 23.7 Å². The third-order valence-electron chi connectivity index (χ3n) is 3.99. The first kappa shape index (κ1) is 17.9. The molecule has 0 unspecified atom stereocenters. The van der Waals surface area contributed by atoms with E-state index in [1.807, 2.05) is 0 Å². The van der Waals surface area contributed by atoms with Gasteiger partial charge in [-0.2, -0.15) is 0 Å². The van der Waals surface area contributed by atoms with Crippen molar-refractivity contribution < 1.29 is 9.18 Å². The van der Waals surface area contributed by atoms with Crippen LogP contribution in [0.3, 0.4) is 0 Å². The summed E-state index contributed by atoms with van der Waals surface area (Å²) in [6.07, 6.45) is 4.07. The van der Waals surface area contributed by atoms with Gasteiger partial charge in [0.05, 0.1) is 6.04 Å². The summed E-state index contributed by atoms with van der Waals surface area (Å²) in [5.41, 5.74) is 3.03. The van der Waals surface area contributed by atoms with Crippen molar-refractivity contribution in [1.29, 1.82) is 0 Å². The van der Waals surface area contributed by atoms with Crippen LogP contribution in [-0.4, -0.2) is 5.91 Å². The van der Waals surface area contributed by atoms with E-state index in [0.29, 0.717) is 5.56 Å². The van der Waals surface area contributed by atoms with Gasteiger partial charge in [-0.15, -0.1) is 0 Å². The second kappa shape index (κ2) is 8.44. The Kier molecular flexibility index (Phi) is 6.30. The van der Waals surface area contributed by atoms with Crippen LogP contribution in [0.15, 0.2) is 54.6 Å². The highest BCUT2D eigenvalue weighted by Crippen LogP contribution is 2.22. The van der Waals surface area contributed by atoms with Crippen LogP contribution in [0.4, 0.5) is 4.39 Å². The van der Waals surface area contributed by atoms with Gasteiger partial charge >= 0.3 is 0 Å². The van der Waals surface area contributed by atoms with Gasteiger partial charge in [0.15, 0.2) is 0 Å². The van der Waals surface area contributed by atoms with Gasteiger partial charge in [-0.05, 0) is 47.2 Å². The molecule has 0 radical (unpaired) electrons. The van der Waals surface area contributed by atoms with Gasteiger partial charge in [0, 0.05) is 6.08 Å². The van der Waals surface area contributed by atoms with E-state index < -0.39 is 0 Å². The molecule has 0 aliphatic heterocycles. The van der Waals surface area contributed by atoms with E-state index in [1.54, 1.807) is 18.2 Å². The quantitative estimate of drug-likeness (QED) is 0.751. The van der Waals surface area contributed by atoms with Crippen molar-refractivity contribution in [2.45, 2.75) is 33.2 Å². The molecule has 2 aromatic carbocycles. The molecule has 126 valence electrons. The molecule has 1 N–H and O–H groups in total.